The number of carbonyl (C=O) groups is 3. The number of fused-ring (bicyclic) bond motifs is 1. The van der Waals surface area contributed by atoms with Crippen LogP contribution in [0, 0.1) is 0 Å². The second-order valence-corrected chi connectivity index (χ2v) is 11.8. The van der Waals surface area contributed by atoms with Crippen LogP contribution in [0.15, 0.2) is 77.1 Å². The third-order valence-corrected chi connectivity index (χ3v) is 8.96. The molecule has 2 atom stereocenters. The number of nitrogens with one attached hydrogen (secondary N) is 1. The van der Waals surface area contributed by atoms with Crippen LogP contribution in [0.2, 0.25) is 0 Å². The normalized spacial score (nSPS) is 18.7. The predicted molar refractivity (Wildman–Crippen MR) is 148 cm³/mol. The Labute approximate surface area is 242 Å². The van der Waals surface area contributed by atoms with Crippen LogP contribution in [-0.2, 0) is 26.2 Å². The first-order valence-corrected chi connectivity index (χ1v) is 14.7. The maximum absolute atomic E-state index is 13.9. The van der Waals surface area contributed by atoms with Gasteiger partial charge in [0.2, 0.25) is 5.16 Å². The lowest BCUT2D eigenvalue weighted by molar-refractivity contribution is -0.154. The van der Waals surface area contributed by atoms with E-state index in [2.05, 4.69) is 20.8 Å². The number of carbonyl (C=O) groups excluding carboxylic acids is 3. The summed E-state index contributed by atoms with van der Waals surface area (Å²) in [5.41, 5.74) is 2.42. The molecule has 1 fully saturated rings. The van der Waals surface area contributed by atoms with Crippen molar-refractivity contribution >= 4 is 64.5 Å². The van der Waals surface area contributed by atoms with Crippen molar-refractivity contribution in [3.63, 3.8) is 0 Å². The van der Waals surface area contributed by atoms with E-state index >= 15 is 0 Å². The van der Waals surface area contributed by atoms with Gasteiger partial charge in [0.05, 0.1) is 0 Å². The molecule has 1 N–H and O–H groups in total. The summed E-state index contributed by atoms with van der Waals surface area (Å²) in [6.07, 6.45) is -0.697. The summed E-state index contributed by atoms with van der Waals surface area (Å²) in [7, 11) is 1.72. The van der Waals surface area contributed by atoms with Crippen molar-refractivity contribution in [3.05, 3.63) is 83.1 Å². The van der Waals surface area contributed by atoms with Gasteiger partial charge < -0.3 is 10.1 Å². The topological polar surface area (TPSA) is 119 Å². The lowest BCUT2D eigenvalue weighted by Gasteiger charge is -2.49. The van der Waals surface area contributed by atoms with E-state index in [1.807, 2.05) is 60.7 Å². The largest absolute Gasteiger partial charge is 0.448 e. The third kappa shape index (κ3) is 5.79. The van der Waals surface area contributed by atoms with Crippen molar-refractivity contribution in [2.75, 3.05) is 11.5 Å². The van der Waals surface area contributed by atoms with Gasteiger partial charge in [0.25, 0.3) is 11.8 Å². The second kappa shape index (κ2) is 12.0. The standard InChI is InChI=1S/C25H22Cl2N6O4S2/c1-32-25(29-30-31-32)39-13-16-12-38-23-17(28-21(34)20(26)27)22(35)33(23)18(16)24(36)37-19(14-8-4-2-5-9-14)15-10-6-3-7-11-15/h2-11,17,19-20,23H,12-13H2,1H3,(H,28,34)/t17?,23-/m1/s1. The summed E-state index contributed by atoms with van der Waals surface area (Å²) in [6.45, 7) is 0. The molecule has 3 heterocycles. The molecule has 0 aliphatic carbocycles. The minimum atomic E-state index is -1.31. The van der Waals surface area contributed by atoms with Crippen LogP contribution in [0.3, 0.4) is 0 Å². The Bertz CT molecular complexity index is 1370. The Hall–Kier alpha value is -3.06. The molecule has 0 bridgehead atoms. The van der Waals surface area contributed by atoms with Crippen molar-refractivity contribution in [1.29, 1.82) is 0 Å². The highest BCUT2D eigenvalue weighted by Gasteiger charge is 2.54. The quantitative estimate of drug-likeness (QED) is 0.170. The first-order chi connectivity index (χ1) is 18.8. The van der Waals surface area contributed by atoms with Crippen LogP contribution in [0.5, 0.6) is 0 Å². The fraction of sp³-hybridized carbons (Fsp3) is 0.280. The molecular formula is C25H22Cl2N6O4S2. The number of nitrogens with zero attached hydrogens (tertiary/aromatic N) is 5. The van der Waals surface area contributed by atoms with Gasteiger partial charge in [0.1, 0.15) is 17.1 Å². The molecule has 10 nitrogen and oxygen atoms in total. The Balaban J connectivity index is 1.46. The van der Waals surface area contributed by atoms with Crippen LogP contribution >= 0.6 is 46.7 Å². The minimum absolute atomic E-state index is 0.155. The lowest BCUT2D eigenvalue weighted by atomic mass is 10.0. The van der Waals surface area contributed by atoms with Gasteiger partial charge >= 0.3 is 5.97 Å². The highest BCUT2D eigenvalue weighted by atomic mass is 35.5. The van der Waals surface area contributed by atoms with Gasteiger partial charge in [0, 0.05) is 18.6 Å². The maximum Gasteiger partial charge on any atom is 0.356 e. The Morgan fingerprint density at radius 3 is 2.33 bits per heavy atom. The van der Waals surface area contributed by atoms with Crippen molar-refractivity contribution in [2.24, 2.45) is 7.05 Å². The van der Waals surface area contributed by atoms with Gasteiger partial charge in [0.15, 0.2) is 10.9 Å². The average Bonchev–Trinajstić information content (AvgIpc) is 3.37. The Morgan fingerprint density at radius 2 is 1.77 bits per heavy atom. The Morgan fingerprint density at radius 1 is 1.13 bits per heavy atom. The SMILES string of the molecule is Cn1nnnc1SCC1=C(C(=O)OC(c2ccccc2)c2ccccc2)N2C(=O)C(NC(=O)C(Cl)Cl)[C@H]2SC1. The van der Waals surface area contributed by atoms with E-state index in [1.165, 1.54) is 33.1 Å². The number of thioether (sulfide) groups is 2. The van der Waals surface area contributed by atoms with E-state index in [1.54, 1.807) is 7.05 Å². The maximum atomic E-state index is 13.9. The van der Waals surface area contributed by atoms with Crippen LogP contribution in [-0.4, -0.2) is 70.6 Å². The van der Waals surface area contributed by atoms with E-state index in [-0.39, 0.29) is 5.70 Å². The van der Waals surface area contributed by atoms with Crippen molar-refractivity contribution < 1.29 is 19.1 Å². The van der Waals surface area contributed by atoms with Gasteiger partial charge in [-0.25, -0.2) is 9.48 Å². The smallest absolute Gasteiger partial charge is 0.356 e. The average molecular weight is 606 g/mol. The fourth-order valence-corrected chi connectivity index (χ4v) is 6.70. The van der Waals surface area contributed by atoms with Gasteiger partial charge in [-0.3, -0.25) is 14.5 Å². The molecule has 1 unspecified atom stereocenters. The molecule has 202 valence electrons. The molecule has 5 rings (SSSR count). The first kappa shape index (κ1) is 27.5. The zero-order chi connectivity index (χ0) is 27.5. The van der Waals surface area contributed by atoms with Crippen molar-refractivity contribution in [2.45, 2.75) is 27.5 Å². The molecule has 14 heteroatoms. The van der Waals surface area contributed by atoms with Crippen LogP contribution in [0.1, 0.15) is 17.2 Å². The van der Waals surface area contributed by atoms with E-state index in [9.17, 15) is 14.4 Å². The van der Waals surface area contributed by atoms with E-state index < -0.39 is 40.1 Å². The number of halogens is 2. The zero-order valence-corrected chi connectivity index (χ0v) is 23.6. The third-order valence-electron chi connectivity index (χ3n) is 6.12. The lowest BCUT2D eigenvalue weighted by Crippen LogP contribution is -2.71. The van der Waals surface area contributed by atoms with E-state index in [0.717, 1.165) is 11.1 Å². The van der Waals surface area contributed by atoms with Gasteiger partial charge in [-0.15, -0.1) is 16.9 Å². The van der Waals surface area contributed by atoms with Crippen LogP contribution < -0.4 is 5.32 Å². The number of tetrazole rings is 1. The number of rotatable bonds is 9. The van der Waals surface area contributed by atoms with Crippen molar-refractivity contribution in [1.82, 2.24) is 30.4 Å². The number of aryl methyl sites for hydroxylation is 1. The van der Waals surface area contributed by atoms with Crippen molar-refractivity contribution in [3.8, 4) is 0 Å². The summed E-state index contributed by atoms with van der Waals surface area (Å²) in [5, 5.41) is 14.1. The number of β-lactam (4-membered cyclic amide) rings is 1. The molecule has 3 aromatic rings. The van der Waals surface area contributed by atoms with Crippen LogP contribution in [0.25, 0.3) is 0 Å². The number of aromatic nitrogens is 4. The molecular weight excluding hydrogens is 583 g/mol. The van der Waals surface area contributed by atoms with Crippen LogP contribution in [0.4, 0.5) is 0 Å². The Kier molecular flexibility index (Phi) is 8.46. The molecule has 2 amide bonds. The molecule has 2 aliphatic heterocycles. The predicted octanol–water partition coefficient (Wildman–Crippen LogP) is 3.09. The fourth-order valence-electron chi connectivity index (χ4n) is 4.24. The number of alkyl halides is 2. The van der Waals surface area contributed by atoms with E-state index in [4.69, 9.17) is 27.9 Å². The highest BCUT2D eigenvalue weighted by molar-refractivity contribution is 8.01. The second-order valence-electron chi connectivity index (χ2n) is 8.63. The number of hydrogen-bond donors (Lipinski definition) is 1. The molecule has 0 radical (unpaired) electrons. The number of benzene rings is 2. The zero-order valence-electron chi connectivity index (χ0n) is 20.4. The van der Waals surface area contributed by atoms with Gasteiger partial charge in [-0.05, 0) is 27.1 Å². The molecule has 2 aromatic carbocycles. The minimum Gasteiger partial charge on any atom is -0.448 e. The number of ether oxygens (including phenoxy) is 1. The summed E-state index contributed by atoms with van der Waals surface area (Å²) in [5.74, 6) is -0.979. The number of esters is 1. The highest BCUT2D eigenvalue weighted by Crippen LogP contribution is 2.42. The van der Waals surface area contributed by atoms with Gasteiger partial charge in [-0.2, -0.15) is 0 Å². The first-order valence-electron chi connectivity index (χ1n) is 11.8. The van der Waals surface area contributed by atoms with Gasteiger partial charge in [-0.1, -0.05) is 95.6 Å². The number of amides is 2. The summed E-state index contributed by atoms with van der Waals surface area (Å²) in [4.78, 5) is 39.3. The summed E-state index contributed by atoms with van der Waals surface area (Å²) < 4.78 is 7.65. The molecule has 0 spiro atoms. The van der Waals surface area contributed by atoms with E-state index in [0.29, 0.717) is 22.2 Å². The molecule has 0 saturated carbocycles. The summed E-state index contributed by atoms with van der Waals surface area (Å²) >= 11 is 14.1. The monoisotopic (exact) mass is 604 g/mol. The molecule has 2 aliphatic rings. The molecule has 1 saturated heterocycles. The molecule has 1 aromatic heterocycles. The summed E-state index contributed by atoms with van der Waals surface area (Å²) in [6, 6.07) is 17.9. The molecule has 39 heavy (non-hydrogen) atoms. The number of hydrogen-bond acceptors (Lipinski definition) is 9.